The number of nitrogens with one attached hydrogen (secondary N) is 1. The van der Waals surface area contributed by atoms with Crippen LogP contribution in [0.2, 0.25) is 0 Å². The van der Waals surface area contributed by atoms with Gasteiger partial charge < -0.3 is 5.32 Å². The summed E-state index contributed by atoms with van der Waals surface area (Å²) in [6.07, 6.45) is 2.60. The molecular formula is C13H14BrN3OS. The third-order valence-corrected chi connectivity index (χ3v) is 3.60. The van der Waals surface area contributed by atoms with E-state index in [4.69, 9.17) is 0 Å². The standard InChI is InChI=1S/C13H14BrN3OS/c1-17-7-5-9(16-17)4-6-15-13(18)11-8-10(19)2-3-12(11)14/h2-3,5,7-8,19H,4,6H2,1H3,(H,15,18). The number of carbonyl (C=O) groups is 1. The van der Waals surface area contributed by atoms with Gasteiger partial charge in [-0.15, -0.1) is 12.6 Å². The summed E-state index contributed by atoms with van der Waals surface area (Å²) in [4.78, 5) is 12.8. The number of rotatable bonds is 4. The van der Waals surface area contributed by atoms with Crippen molar-refractivity contribution >= 4 is 34.5 Å². The highest BCUT2D eigenvalue weighted by Crippen LogP contribution is 2.20. The number of aromatic nitrogens is 2. The number of hydrogen-bond donors (Lipinski definition) is 2. The van der Waals surface area contributed by atoms with Gasteiger partial charge in [0.15, 0.2) is 0 Å². The lowest BCUT2D eigenvalue weighted by atomic mass is 10.2. The topological polar surface area (TPSA) is 46.9 Å². The summed E-state index contributed by atoms with van der Waals surface area (Å²) in [5, 5.41) is 7.13. The maximum Gasteiger partial charge on any atom is 0.252 e. The third kappa shape index (κ3) is 3.84. The summed E-state index contributed by atoms with van der Waals surface area (Å²) in [6.45, 7) is 0.555. The molecule has 0 radical (unpaired) electrons. The van der Waals surface area contributed by atoms with Crippen molar-refractivity contribution in [3.05, 3.63) is 46.2 Å². The molecule has 1 amide bonds. The minimum Gasteiger partial charge on any atom is -0.352 e. The lowest BCUT2D eigenvalue weighted by molar-refractivity contribution is 0.0953. The minimum absolute atomic E-state index is 0.112. The van der Waals surface area contributed by atoms with Gasteiger partial charge in [-0.25, -0.2) is 0 Å². The van der Waals surface area contributed by atoms with Crippen molar-refractivity contribution in [1.29, 1.82) is 0 Å². The zero-order valence-corrected chi connectivity index (χ0v) is 12.9. The van der Waals surface area contributed by atoms with Crippen LogP contribution in [-0.4, -0.2) is 22.2 Å². The average molecular weight is 340 g/mol. The molecule has 0 aliphatic carbocycles. The Kier molecular flexibility index (Phi) is 4.66. The molecule has 0 bridgehead atoms. The zero-order valence-electron chi connectivity index (χ0n) is 10.4. The van der Waals surface area contributed by atoms with Gasteiger partial charge in [0.1, 0.15) is 0 Å². The molecule has 0 unspecified atom stereocenters. The van der Waals surface area contributed by atoms with Crippen molar-refractivity contribution in [2.75, 3.05) is 6.54 Å². The normalized spacial score (nSPS) is 10.5. The molecule has 4 nitrogen and oxygen atoms in total. The monoisotopic (exact) mass is 339 g/mol. The Hall–Kier alpha value is -1.27. The Morgan fingerprint density at radius 2 is 2.26 bits per heavy atom. The molecule has 0 atom stereocenters. The number of carbonyl (C=O) groups excluding carboxylic acids is 1. The fraction of sp³-hybridized carbons (Fsp3) is 0.231. The molecule has 0 saturated heterocycles. The summed E-state index contributed by atoms with van der Waals surface area (Å²) in [5.74, 6) is -0.112. The van der Waals surface area contributed by atoms with Gasteiger partial charge in [0.2, 0.25) is 0 Å². The summed E-state index contributed by atoms with van der Waals surface area (Å²) in [6, 6.07) is 7.33. The smallest absolute Gasteiger partial charge is 0.252 e. The van der Waals surface area contributed by atoms with E-state index in [2.05, 4.69) is 39.0 Å². The Morgan fingerprint density at radius 3 is 2.95 bits per heavy atom. The van der Waals surface area contributed by atoms with Crippen LogP contribution < -0.4 is 5.32 Å². The molecule has 2 rings (SSSR count). The second-order valence-electron chi connectivity index (χ2n) is 4.15. The summed E-state index contributed by atoms with van der Waals surface area (Å²) < 4.78 is 2.51. The van der Waals surface area contributed by atoms with Crippen LogP contribution >= 0.6 is 28.6 Å². The lowest BCUT2D eigenvalue weighted by Crippen LogP contribution is -2.26. The first-order chi connectivity index (χ1) is 9.06. The van der Waals surface area contributed by atoms with E-state index in [1.807, 2.05) is 31.4 Å². The Bertz CT molecular complexity index is 597. The van der Waals surface area contributed by atoms with Crippen molar-refractivity contribution in [3.63, 3.8) is 0 Å². The number of halogens is 1. The van der Waals surface area contributed by atoms with Crippen LogP contribution in [0.3, 0.4) is 0 Å². The predicted octanol–water partition coefficient (Wildman–Crippen LogP) is 2.44. The predicted molar refractivity (Wildman–Crippen MR) is 80.6 cm³/mol. The number of thiol groups is 1. The first kappa shape index (κ1) is 14.1. The van der Waals surface area contributed by atoms with Gasteiger partial charge in [0.05, 0.1) is 11.3 Å². The van der Waals surface area contributed by atoms with Gasteiger partial charge >= 0.3 is 0 Å². The van der Waals surface area contributed by atoms with Gasteiger partial charge in [0, 0.05) is 35.6 Å². The quantitative estimate of drug-likeness (QED) is 0.840. The molecule has 1 aromatic carbocycles. The second-order valence-corrected chi connectivity index (χ2v) is 5.52. The largest absolute Gasteiger partial charge is 0.352 e. The van der Waals surface area contributed by atoms with E-state index < -0.39 is 0 Å². The SMILES string of the molecule is Cn1ccc(CCNC(=O)c2cc(S)ccc2Br)n1. The van der Waals surface area contributed by atoms with E-state index in [0.29, 0.717) is 18.5 Å². The number of nitrogens with zero attached hydrogens (tertiary/aromatic N) is 2. The fourth-order valence-corrected chi connectivity index (χ4v) is 2.31. The van der Waals surface area contributed by atoms with E-state index in [1.54, 1.807) is 10.7 Å². The first-order valence-corrected chi connectivity index (χ1v) is 7.05. The van der Waals surface area contributed by atoms with Gasteiger partial charge in [-0.05, 0) is 40.2 Å². The third-order valence-electron chi connectivity index (χ3n) is 2.63. The van der Waals surface area contributed by atoms with E-state index in [-0.39, 0.29) is 5.91 Å². The number of amides is 1. The molecule has 19 heavy (non-hydrogen) atoms. The van der Waals surface area contributed by atoms with Crippen LogP contribution in [0.4, 0.5) is 0 Å². The van der Waals surface area contributed by atoms with Crippen molar-refractivity contribution in [2.45, 2.75) is 11.3 Å². The van der Waals surface area contributed by atoms with Crippen LogP contribution in [0.15, 0.2) is 39.8 Å². The van der Waals surface area contributed by atoms with Crippen molar-refractivity contribution < 1.29 is 4.79 Å². The van der Waals surface area contributed by atoms with Crippen LogP contribution in [0, 0.1) is 0 Å². The molecule has 0 aliphatic rings. The fourth-order valence-electron chi connectivity index (χ4n) is 1.68. The molecule has 0 saturated carbocycles. The lowest BCUT2D eigenvalue weighted by Gasteiger charge is -2.06. The van der Waals surface area contributed by atoms with Gasteiger partial charge in [0.25, 0.3) is 5.91 Å². The highest BCUT2D eigenvalue weighted by molar-refractivity contribution is 9.10. The van der Waals surface area contributed by atoms with Crippen molar-refractivity contribution in [3.8, 4) is 0 Å². The summed E-state index contributed by atoms with van der Waals surface area (Å²) >= 11 is 7.59. The molecule has 0 fully saturated rings. The van der Waals surface area contributed by atoms with Crippen LogP contribution in [0.25, 0.3) is 0 Å². The van der Waals surface area contributed by atoms with Gasteiger partial charge in [-0.3, -0.25) is 9.48 Å². The minimum atomic E-state index is -0.112. The van der Waals surface area contributed by atoms with E-state index in [9.17, 15) is 4.79 Å². The maximum atomic E-state index is 12.0. The Morgan fingerprint density at radius 1 is 1.47 bits per heavy atom. The van der Waals surface area contributed by atoms with Crippen LogP contribution in [0.1, 0.15) is 16.1 Å². The molecule has 1 aromatic heterocycles. The molecule has 2 aromatic rings. The molecular weight excluding hydrogens is 326 g/mol. The van der Waals surface area contributed by atoms with Crippen LogP contribution in [-0.2, 0) is 13.5 Å². The van der Waals surface area contributed by atoms with Crippen molar-refractivity contribution in [1.82, 2.24) is 15.1 Å². The van der Waals surface area contributed by atoms with E-state index in [0.717, 1.165) is 15.1 Å². The molecule has 0 spiro atoms. The number of benzene rings is 1. The average Bonchev–Trinajstić information content (AvgIpc) is 2.78. The second kappa shape index (κ2) is 6.25. The highest BCUT2D eigenvalue weighted by Gasteiger charge is 2.10. The summed E-state index contributed by atoms with van der Waals surface area (Å²) in [5.41, 5.74) is 1.55. The number of aryl methyl sites for hydroxylation is 1. The van der Waals surface area contributed by atoms with E-state index >= 15 is 0 Å². The number of hydrogen-bond acceptors (Lipinski definition) is 3. The van der Waals surface area contributed by atoms with Gasteiger partial charge in [-0.1, -0.05) is 0 Å². The maximum absolute atomic E-state index is 12.0. The highest BCUT2D eigenvalue weighted by atomic mass is 79.9. The Balaban J connectivity index is 1.92. The molecule has 1 N–H and O–H groups in total. The molecule has 6 heteroatoms. The Labute approximate surface area is 125 Å². The molecule has 1 heterocycles. The zero-order chi connectivity index (χ0) is 13.8. The van der Waals surface area contributed by atoms with Crippen molar-refractivity contribution in [2.24, 2.45) is 7.05 Å². The van der Waals surface area contributed by atoms with Crippen LogP contribution in [0.5, 0.6) is 0 Å². The summed E-state index contributed by atoms with van der Waals surface area (Å²) in [7, 11) is 1.87. The first-order valence-electron chi connectivity index (χ1n) is 5.81. The molecule has 0 aliphatic heterocycles. The van der Waals surface area contributed by atoms with E-state index in [1.165, 1.54) is 0 Å². The molecule has 100 valence electrons. The van der Waals surface area contributed by atoms with Gasteiger partial charge in [-0.2, -0.15) is 5.10 Å².